The maximum absolute atomic E-state index is 13.5. The van der Waals surface area contributed by atoms with Crippen molar-refractivity contribution in [3.8, 4) is 11.5 Å². The lowest BCUT2D eigenvalue weighted by Gasteiger charge is -2.38. The van der Waals surface area contributed by atoms with Crippen molar-refractivity contribution in [2.24, 2.45) is 5.10 Å². The van der Waals surface area contributed by atoms with Crippen molar-refractivity contribution in [2.45, 2.75) is 18.7 Å². The molecule has 0 aliphatic carbocycles. The van der Waals surface area contributed by atoms with E-state index in [1.807, 2.05) is 24.3 Å². The number of hydrogen-bond acceptors (Lipinski definition) is 6. The fraction of sp³-hybridized carbons (Fsp3) is 0.160. The first kappa shape index (κ1) is 20.7. The van der Waals surface area contributed by atoms with Crippen molar-refractivity contribution in [3.05, 3.63) is 112 Å². The van der Waals surface area contributed by atoms with Crippen molar-refractivity contribution in [1.82, 2.24) is 5.01 Å². The maximum Gasteiger partial charge on any atom is 0.270 e. The van der Waals surface area contributed by atoms with Gasteiger partial charge in [0.1, 0.15) is 23.9 Å². The number of nitro groups is 1. The topological polar surface area (TPSA) is 77.2 Å². The molecule has 33 heavy (non-hydrogen) atoms. The van der Waals surface area contributed by atoms with Gasteiger partial charge in [-0.2, -0.15) is 5.10 Å². The van der Waals surface area contributed by atoms with Gasteiger partial charge >= 0.3 is 0 Å². The molecule has 0 amide bonds. The second-order valence-electron chi connectivity index (χ2n) is 7.77. The number of nitro benzene ring substituents is 1. The van der Waals surface area contributed by atoms with Gasteiger partial charge in [0.05, 0.1) is 16.7 Å². The molecule has 0 saturated heterocycles. The van der Waals surface area contributed by atoms with Crippen LogP contribution in [0, 0.1) is 15.9 Å². The molecule has 0 spiro atoms. The molecule has 8 heteroatoms. The van der Waals surface area contributed by atoms with E-state index >= 15 is 0 Å². The average Bonchev–Trinajstić information content (AvgIpc) is 3.28. The van der Waals surface area contributed by atoms with Crippen LogP contribution in [0.25, 0.3) is 0 Å². The van der Waals surface area contributed by atoms with Crippen LogP contribution >= 0.6 is 0 Å². The molecule has 0 bridgehead atoms. The summed E-state index contributed by atoms with van der Waals surface area (Å²) >= 11 is 0. The van der Waals surface area contributed by atoms with E-state index in [9.17, 15) is 14.5 Å². The molecular formula is C25H20FN3O4. The number of hydrazone groups is 1. The van der Waals surface area contributed by atoms with Gasteiger partial charge < -0.3 is 9.47 Å². The van der Waals surface area contributed by atoms with E-state index < -0.39 is 11.2 Å². The molecule has 0 unspecified atom stereocenters. The van der Waals surface area contributed by atoms with Gasteiger partial charge in [-0.3, -0.25) is 10.1 Å². The summed E-state index contributed by atoms with van der Waals surface area (Å²) in [6, 6.07) is 18.0. The minimum absolute atomic E-state index is 0.00491. The Kier molecular flexibility index (Phi) is 5.26. The molecule has 0 saturated carbocycles. The second kappa shape index (κ2) is 8.38. The lowest BCUT2D eigenvalue weighted by atomic mass is 9.95. The Morgan fingerprint density at radius 3 is 2.64 bits per heavy atom. The van der Waals surface area contributed by atoms with Gasteiger partial charge in [0.25, 0.3) is 5.69 Å². The Balaban J connectivity index is 1.53. The highest BCUT2D eigenvalue weighted by Crippen LogP contribution is 2.48. The highest BCUT2D eigenvalue weighted by Gasteiger charge is 2.41. The van der Waals surface area contributed by atoms with Gasteiger partial charge in [0.2, 0.25) is 6.23 Å². The number of halogens is 1. The van der Waals surface area contributed by atoms with Crippen LogP contribution in [0.1, 0.15) is 35.4 Å². The lowest BCUT2D eigenvalue weighted by molar-refractivity contribution is -0.385. The number of non-ortho nitro benzene ring substituents is 1. The Morgan fingerprint density at radius 2 is 1.94 bits per heavy atom. The van der Waals surface area contributed by atoms with Crippen LogP contribution in [0.15, 0.2) is 84.5 Å². The zero-order valence-corrected chi connectivity index (χ0v) is 17.6. The van der Waals surface area contributed by atoms with Crippen LogP contribution in [0.4, 0.5) is 10.1 Å². The van der Waals surface area contributed by atoms with Crippen molar-refractivity contribution in [2.75, 3.05) is 6.61 Å². The summed E-state index contributed by atoms with van der Waals surface area (Å²) in [4.78, 5) is 10.9. The highest BCUT2D eigenvalue weighted by molar-refractivity contribution is 6.02. The summed E-state index contributed by atoms with van der Waals surface area (Å²) in [6.07, 6.45) is 1.64. The number of hydrogen-bond donors (Lipinski definition) is 0. The van der Waals surface area contributed by atoms with E-state index in [4.69, 9.17) is 14.6 Å². The molecule has 2 aliphatic heterocycles. The van der Waals surface area contributed by atoms with E-state index in [2.05, 4.69) is 6.58 Å². The smallest absolute Gasteiger partial charge is 0.270 e. The summed E-state index contributed by atoms with van der Waals surface area (Å²) in [6.45, 7) is 4.06. The van der Waals surface area contributed by atoms with Gasteiger partial charge in [-0.05, 0) is 48.0 Å². The maximum atomic E-state index is 13.5. The van der Waals surface area contributed by atoms with E-state index in [1.54, 1.807) is 35.4 Å². The fourth-order valence-corrected chi connectivity index (χ4v) is 4.11. The molecule has 3 aromatic carbocycles. The predicted molar refractivity (Wildman–Crippen MR) is 121 cm³/mol. The van der Waals surface area contributed by atoms with Crippen LogP contribution < -0.4 is 9.47 Å². The van der Waals surface area contributed by atoms with E-state index in [0.717, 1.165) is 22.6 Å². The van der Waals surface area contributed by atoms with Crippen LogP contribution in [0.3, 0.4) is 0 Å². The SMILES string of the molecule is C=CCOc1ccc(C2=NN3[C@@H](C2)c2cc([N+](=O)[O-])ccc2O[C@H]3c2ccc(F)cc2)cc1. The van der Waals surface area contributed by atoms with Gasteiger partial charge in [0.15, 0.2) is 0 Å². The number of fused-ring (bicyclic) bond motifs is 3. The first-order valence-electron chi connectivity index (χ1n) is 10.4. The molecule has 5 rings (SSSR count). The molecule has 0 N–H and O–H groups in total. The lowest BCUT2D eigenvalue weighted by Crippen LogP contribution is -2.33. The minimum Gasteiger partial charge on any atom is -0.490 e. The average molecular weight is 445 g/mol. The molecule has 0 aromatic heterocycles. The third-order valence-electron chi connectivity index (χ3n) is 5.69. The fourth-order valence-electron chi connectivity index (χ4n) is 4.11. The Bertz CT molecular complexity index is 1240. The van der Waals surface area contributed by atoms with Crippen LogP contribution in [-0.4, -0.2) is 22.3 Å². The standard InChI is InChI=1S/C25H20FN3O4/c1-2-13-32-20-10-5-16(6-11-20)22-15-23-21-14-19(29(30)31)9-12-24(21)33-25(28(23)27-22)17-3-7-18(26)8-4-17/h2-12,14,23,25H,1,13,15H2/t23-,25-/m0/s1. The van der Waals surface area contributed by atoms with E-state index in [-0.39, 0.29) is 17.5 Å². The first-order chi connectivity index (χ1) is 16.0. The zero-order chi connectivity index (χ0) is 22.9. The zero-order valence-electron chi connectivity index (χ0n) is 17.6. The largest absolute Gasteiger partial charge is 0.490 e. The van der Waals surface area contributed by atoms with E-state index in [1.165, 1.54) is 18.2 Å². The summed E-state index contributed by atoms with van der Waals surface area (Å²) in [7, 11) is 0. The van der Waals surface area contributed by atoms with Gasteiger partial charge in [-0.25, -0.2) is 9.40 Å². The van der Waals surface area contributed by atoms with Crippen LogP contribution in [0.5, 0.6) is 11.5 Å². The number of benzene rings is 3. The quantitative estimate of drug-likeness (QED) is 0.283. The molecule has 0 radical (unpaired) electrons. The molecule has 2 aliphatic rings. The third-order valence-corrected chi connectivity index (χ3v) is 5.69. The van der Waals surface area contributed by atoms with Crippen molar-refractivity contribution in [1.29, 1.82) is 0 Å². The molecule has 166 valence electrons. The second-order valence-corrected chi connectivity index (χ2v) is 7.77. The Hall–Kier alpha value is -4.20. The molecule has 2 heterocycles. The van der Waals surface area contributed by atoms with Crippen molar-refractivity contribution < 1.29 is 18.8 Å². The van der Waals surface area contributed by atoms with E-state index in [0.29, 0.717) is 24.3 Å². The third kappa shape index (κ3) is 3.91. The molecule has 0 fully saturated rings. The molecule has 3 aromatic rings. The molecular weight excluding hydrogens is 425 g/mol. The van der Waals surface area contributed by atoms with Gasteiger partial charge in [-0.1, -0.05) is 24.8 Å². The summed E-state index contributed by atoms with van der Waals surface area (Å²) in [5, 5.41) is 18.0. The summed E-state index contributed by atoms with van der Waals surface area (Å²) in [5.74, 6) is 0.941. The Labute approximate surface area is 189 Å². The van der Waals surface area contributed by atoms with Gasteiger partial charge in [-0.15, -0.1) is 0 Å². The predicted octanol–water partition coefficient (Wildman–Crippen LogP) is 5.54. The molecule has 2 atom stereocenters. The normalized spacial score (nSPS) is 18.6. The minimum atomic E-state index is -0.586. The summed E-state index contributed by atoms with van der Waals surface area (Å²) < 4.78 is 25.3. The molecule has 7 nitrogen and oxygen atoms in total. The number of nitrogens with zero attached hydrogens (tertiary/aromatic N) is 3. The van der Waals surface area contributed by atoms with Crippen LogP contribution in [-0.2, 0) is 0 Å². The Morgan fingerprint density at radius 1 is 1.18 bits per heavy atom. The van der Waals surface area contributed by atoms with Crippen molar-refractivity contribution in [3.63, 3.8) is 0 Å². The summed E-state index contributed by atoms with van der Waals surface area (Å²) in [5.41, 5.74) is 3.18. The van der Waals surface area contributed by atoms with Crippen LogP contribution in [0.2, 0.25) is 0 Å². The van der Waals surface area contributed by atoms with Crippen molar-refractivity contribution >= 4 is 11.4 Å². The van der Waals surface area contributed by atoms with Gasteiger partial charge in [0, 0.05) is 29.7 Å². The highest BCUT2D eigenvalue weighted by atomic mass is 19.1. The first-order valence-corrected chi connectivity index (χ1v) is 10.4. The number of ether oxygens (including phenoxy) is 2. The monoisotopic (exact) mass is 445 g/mol. The number of rotatable bonds is 6.